The number of methoxy groups -OCH3 is 2. The fourth-order valence-corrected chi connectivity index (χ4v) is 3.85. The second-order valence-electron chi connectivity index (χ2n) is 6.75. The van der Waals surface area contributed by atoms with Gasteiger partial charge in [-0.15, -0.1) is 0 Å². The van der Waals surface area contributed by atoms with Gasteiger partial charge in [0.2, 0.25) is 6.23 Å². The Morgan fingerprint density at radius 3 is 2.64 bits per heavy atom. The Morgan fingerprint density at radius 1 is 1.00 bits per heavy atom. The standard InChI is InChI=1S/C22H20N2O4/c1-25-20-10-9-14(12-21(20)26-2)22-24-17(15-6-3-4-7-18(15)28-22)13-16(23-24)19-8-5-11-27-19/h3-12,17,22H,13H2,1-2H3/t17-,22-/m0/s1. The van der Waals surface area contributed by atoms with Crippen LogP contribution < -0.4 is 14.2 Å². The van der Waals surface area contributed by atoms with Gasteiger partial charge in [-0.3, -0.25) is 0 Å². The molecule has 2 aliphatic rings. The van der Waals surface area contributed by atoms with Crippen molar-refractivity contribution >= 4 is 5.71 Å². The highest BCUT2D eigenvalue weighted by Crippen LogP contribution is 2.48. The van der Waals surface area contributed by atoms with Crippen molar-refractivity contribution in [2.45, 2.75) is 18.7 Å². The van der Waals surface area contributed by atoms with Gasteiger partial charge in [0.15, 0.2) is 11.5 Å². The van der Waals surface area contributed by atoms with Crippen LogP contribution in [0, 0.1) is 0 Å². The van der Waals surface area contributed by atoms with Gasteiger partial charge in [0.1, 0.15) is 17.2 Å². The van der Waals surface area contributed by atoms with Gasteiger partial charge in [-0.2, -0.15) is 5.10 Å². The summed E-state index contributed by atoms with van der Waals surface area (Å²) < 4.78 is 22.8. The molecule has 0 amide bonds. The van der Waals surface area contributed by atoms with Crippen LogP contribution >= 0.6 is 0 Å². The number of fused-ring (bicyclic) bond motifs is 3. The lowest BCUT2D eigenvalue weighted by Gasteiger charge is -2.38. The zero-order chi connectivity index (χ0) is 19.1. The molecule has 0 saturated carbocycles. The van der Waals surface area contributed by atoms with Crippen LogP contribution in [0.5, 0.6) is 17.2 Å². The van der Waals surface area contributed by atoms with Gasteiger partial charge in [0.25, 0.3) is 0 Å². The molecule has 142 valence electrons. The lowest BCUT2D eigenvalue weighted by Crippen LogP contribution is -2.33. The number of furan rings is 1. The molecule has 1 aromatic heterocycles. The predicted octanol–water partition coefficient (Wildman–Crippen LogP) is 4.54. The van der Waals surface area contributed by atoms with Gasteiger partial charge in [0, 0.05) is 17.5 Å². The van der Waals surface area contributed by atoms with Crippen molar-refractivity contribution in [3.8, 4) is 17.2 Å². The first kappa shape index (κ1) is 16.7. The van der Waals surface area contributed by atoms with Crippen LogP contribution in [0.15, 0.2) is 70.4 Å². The Kier molecular flexibility index (Phi) is 3.97. The fraction of sp³-hybridized carbons (Fsp3) is 0.227. The summed E-state index contributed by atoms with van der Waals surface area (Å²) in [4.78, 5) is 0. The second-order valence-corrected chi connectivity index (χ2v) is 6.75. The van der Waals surface area contributed by atoms with Crippen molar-refractivity contribution in [2.75, 3.05) is 14.2 Å². The molecular weight excluding hydrogens is 356 g/mol. The molecule has 0 fully saturated rings. The summed E-state index contributed by atoms with van der Waals surface area (Å²) in [6.07, 6.45) is 2.07. The summed E-state index contributed by atoms with van der Waals surface area (Å²) in [5.41, 5.74) is 2.99. The van der Waals surface area contributed by atoms with E-state index in [0.29, 0.717) is 11.5 Å². The molecule has 0 N–H and O–H groups in total. The number of benzene rings is 2. The number of hydrogen-bond donors (Lipinski definition) is 0. The van der Waals surface area contributed by atoms with Crippen LogP contribution in [-0.4, -0.2) is 24.9 Å². The van der Waals surface area contributed by atoms with Crippen LogP contribution in [-0.2, 0) is 0 Å². The Labute approximate surface area is 162 Å². The van der Waals surface area contributed by atoms with Gasteiger partial charge in [-0.05, 0) is 36.4 Å². The van der Waals surface area contributed by atoms with E-state index in [2.05, 4.69) is 6.07 Å². The molecule has 5 rings (SSSR count). The molecular formula is C22H20N2O4. The van der Waals surface area contributed by atoms with Crippen LogP contribution in [0.4, 0.5) is 0 Å². The lowest BCUT2D eigenvalue weighted by molar-refractivity contribution is -0.0191. The highest BCUT2D eigenvalue weighted by molar-refractivity contribution is 5.99. The summed E-state index contributed by atoms with van der Waals surface area (Å²) in [7, 11) is 3.26. The summed E-state index contributed by atoms with van der Waals surface area (Å²) in [5, 5.41) is 6.88. The largest absolute Gasteiger partial charge is 0.493 e. The van der Waals surface area contributed by atoms with Crippen molar-refractivity contribution in [3.05, 3.63) is 77.7 Å². The quantitative estimate of drug-likeness (QED) is 0.669. The van der Waals surface area contributed by atoms with Crippen LogP contribution in [0.25, 0.3) is 0 Å². The maximum absolute atomic E-state index is 6.36. The van der Waals surface area contributed by atoms with Gasteiger partial charge < -0.3 is 18.6 Å². The van der Waals surface area contributed by atoms with Crippen LogP contribution in [0.3, 0.4) is 0 Å². The van der Waals surface area contributed by atoms with E-state index in [-0.39, 0.29) is 12.3 Å². The molecule has 0 radical (unpaired) electrons. The normalized spacial score (nSPS) is 20.1. The van der Waals surface area contributed by atoms with E-state index in [1.165, 1.54) is 0 Å². The van der Waals surface area contributed by atoms with Crippen molar-refractivity contribution in [2.24, 2.45) is 5.10 Å². The first-order valence-corrected chi connectivity index (χ1v) is 9.15. The molecule has 0 saturated heterocycles. The third-order valence-electron chi connectivity index (χ3n) is 5.20. The van der Waals surface area contributed by atoms with E-state index >= 15 is 0 Å². The molecule has 0 aliphatic carbocycles. The molecule has 28 heavy (non-hydrogen) atoms. The maximum atomic E-state index is 6.36. The van der Waals surface area contributed by atoms with Gasteiger partial charge in [-0.1, -0.05) is 18.2 Å². The predicted molar refractivity (Wildman–Crippen MR) is 104 cm³/mol. The Hall–Kier alpha value is -3.41. The van der Waals surface area contributed by atoms with Crippen LogP contribution in [0.2, 0.25) is 0 Å². The number of nitrogens with zero attached hydrogens (tertiary/aromatic N) is 2. The van der Waals surface area contributed by atoms with E-state index < -0.39 is 0 Å². The number of para-hydroxylation sites is 1. The number of hydrazone groups is 1. The van der Waals surface area contributed by atoms with E-state index in [0.717, 1.165) is 34.8 Å². The molecule has 6 heteroatoms. The monoisotopic (exact) mass is 376 g/mol. The van der Waals surface area contributed by atoms with Gasteiger partial charge in [-0.25, -0.2) is 5.01 Å². The third-order valence-corrected chi connectivity index (χ3v) is 5.20. The van der Waals surface area contributed by atoms with E-state index in [9.17, 15) is 0 Å². The van der Waals surface area contributed by atoms with Crippen LogP contribution in [0.1, 0.15) is 35.6 Å². The van der Waals surface area contributed by atoms with Crippen molar-refractivity contribution < 1.29 is 18.6 Å². The maximum Gasteiger partial charge on any atom is 0.214 e. The molecule has 0 spiro atoms. The Bertz CT molecular complexity index is 1030. The summed E-state index contributed by atoms with van der Waals surface area (Å²) in [6.45, 7) is 0. The van der Waals surface area contributed by atoms with Crippen molar-refractivity contribution in [1.82, 2.24) is 5.01 Å². The number of hydrogen-bond acceptors (Lipinski definition) is 6. The average molecular weight is 376 g/mol. The summed E-state index contributed by atoms with van der Waals surface area (Å²) >= 11 is 0. The molecule has 3 heterocycles. The van der Waals surface area contributed by atoms with E-state index in [1.807, 2.05) is 53.5 Å². The lowest BCUT2D eigenvalue weighted by atomic mass is 9.97. The second kappa shape index (κ2) is 6.64. The van der Waals surface area contributed by atoms with Crippen molar-refractivity contribution in [3.63, 3.8) is 0 Å². The SMILES string of the molecule is COc1ccc([C@@H]2Oc3ccccc3[C@@H]3CC(c4ccco4)=NN32)cc1OC. The minimum atomic E-state index is -0.368. The topological polar surface area (TPSA) is 56.4 Å². The zero-order valence-electron chi connectivity index (χ0n) is 15.7. The van der Waals surface area contributed by atoms with E-state index in [4.69, 9.17) is 23.7 Å². The molecule has 0 unspecified atom stereocenters. The zero-order valence-corrected chi connectivity index (χ0v) is 15.7. The molecule has 2 aliphatic heterocycles. The highest BCUT2D eigenvalue weighted by atomic mass is 16.5. The first-order chi connectivity index (χ1) is 13.8. The molecule has 2 aromatic carbocycles. The molecule has 2 atom stereocenters. The third kappa shape index (κ3) is 2.60. The number of rotatable bonds is 4. The summed E-state index contributed by atoms with van der Waals surface area (Å²) in [6, 6.07) is 17.8. The van der Waals surface area contributed by atoms with Gasteiger partial charge >= 0.3 is 0 Å². The highest BCUT2D eigenvalue weighted by Gasteiger charge is 2.41. The van der Waals surface area contributed by atoms with Gasteiger partial charge in [0.05, 0.1) is 26.5 Å². The first-order valence-electron chi connectivity index (χ1n) is 9.15. The van der Waals surface area contributed by atoms with E-state index in [1.54, 1.807) is 20.5 Å². The summed E-state index contributed by atoms with van der Waals surface area (Å²) in [5.74, 6) is 3.01. The Morgan fingerprint density at radius 2 is 1.86 bits per heavy atom. The van der Waals surface area contributed by atoms with Crippen molar-refractivity contribution in [1.29, 1.82) is 0 Å². The number of ether oxygens (including phenoxy) is 3. The molecule has 6 nitrogen and oxygen atoms in total. The minimum Gasteiger partial charge on any atom is -0.493 e. The smallest absolute Gasteiger partial charge is 0.214 e. The minimum absolute atomic E-state index is 0.0862. The molecule has 0 bridgehead atoms. The Balaban J connectivity index is 1.59. The fourth-order valence-electron chi connectivity index (χ4n) is 3.85. The molecule has 3 aromatic rings. The average Bonchev–Trinajstić information content (AvgIpc) is 3.42.